The number of para-hydroxylation sites is 1. The summed E-state index contributed by atoms with van der Waals surface area (Å²) in [5.74, 6) is -0.655. The van der Waals surface area contributed by atoms with E-state index < -0.39 is 11.8 Å². The number of benzene rings is 3. The molecule has 0 saturated heterocycles. The third-order valence-electron chi connectivity index (χ3n) is 4.30. The number of thiocarbonyl (C=S) groups is 1. The highest BCUT2D eigenvalue weighted by molar-refractivity contribution is 7.80. The summed E-state index contributed by atoms with van der Waals surface area (Å²) in [5, 5.41) is 7.08. The SMILES string of the molecule is O=C(CCC(=O)Nc1ccccc1)NNC(=S)NC(=O)COc1ccc2ccccc2c1. The predicted octanol–water partition coefficient (Wildman–Crippen LogP) is 2.66. The number of ether oxygens (including phenoxy) is 1. The number of fused-ring (bicyclic) bond motifs is 1. The van der Waals surface area contributed by atoms with Crippen molar-refractivity contribution < 1.29 is 19.1 Å². The Morgan fingerprint density at radius 3 is 2.22 bits per heavy atom. The molecule has 0 heterocycles. The number of amides is 3. The minimum atomic E-state index is -0.479. The maximum absolute atomic E-state index is 12.0. The van der Waals surface area contributed by atoms with Crippen LogP contribution in [0.2, 0.25) is 0 Å². The van der Waals surface area contributed by atoms with Gasteiger partial charge in [-0.3, -0.25) is 30.6 Å². The van der Waals surface area contributed by atoms with Crippen LogP contribution in [0, 0.1) is 0 Å². The van der Waals surface area contributed by atoms with Gasteiger partial charge in [-0.25, -0.2) is 0 Å². The van der Waals surface area contributed by atoms with Crippen LogP contribution in [-0.2, 0) is 14.4 Å². The van der Waals surface area contributed by atoms with E-state index in [0.717, 1.165) is 10.8 Å². The molecule has 4 N–H and O–H groups in total. The lowest BCUT2D eigenvalue weighted by molar-refractivity contribution is -0.125. The monoisotopic (exact) mass is 450 g/mol. The van der Waals surface area contributed by atoms with Crippen LogP contribution in [0.4, 0.5) is 5.69 Å². The van der Waals surface area contributed by atoms with Crippen LogP contribution in [-0.4, -0.2) is 29.4 Å². The fraction of sp³-hybridized carbons (Fsp3) is 0.130. The highest BCUT2D eigenvalue weighted by Crippen LogP contribution is 2.20. The average molecular weight is 451 g/mol. The smallest absolute Gasteiger partial charge is 0.264 e. The molecule has 0 unspecified atom stereocenters. The molecule has 0 atom stereocenters. The molecule has 0 aliphatic heterocycles. The van der Waals surface area contributed by atoms with Crippen LogP contribution in [0.5, 0.6) is 5.75 Å². The fourth-order valence-corrected chi connectivity index (χ4v) is 2.93. The summed E-state index contributed by atoms with van der Waals surface area (Å²) in [4.78, 5) is 35.7. The van der Waals surface area contributed by atoms with E-state index in [2.05, 4.69) is 21.5 Å². The molecule has 3 aromatic carbocycles. The molecule has 0 bridgehead atoms. The first-order valence-electron chi connectivity index (χ1n) is 9.85. The van der Waals surface area contributed by atoms with Gasteiger partial charge in [0.05, 0.1) is 0 Å². The van der Waals surface area contributed by atoms with Gasteiger partial charge < -0.3 is 10.1 Å². The number of nitrogens with one attached hydrogen (secondary N) is 4. The zero-order chi connectivity index (χ0) is 22.8. The van der Waals surface area contributed by atoms with Crippen LogP contribution in [0.1, 0.15) is 12.8 Å². The molecule has 0 radical (unpaired) electrons. The minimum Gasteiger partial charge on any atom is -0.484 e. The van der Waals surface area contributed by atoms with Crippen LogP contribution in [0.15, 0.2) is 72.8 Å². The van der Waals surface area contributed by atoms with Gasteiger partial charge in [-0.05, 0) is 47.3 Å². The molecule has 3 aromatic rings. The molecule has 9 heteroatoms. The Morgan fingerprint density at radius 1 is 0.750 bits per heavy atom. The minimum absolute atomic E-state index is 0.00112. The molecule has 3 amide bonds. The van der Waals surface area contributed by atoms with Gasteiger partial charge in [0.2, 0.25) is 11.8 Å². The highest BCUT2D eigenvalue weighted by Gasteiger charge is 2.09. The fourth-order valence-electron chi connectivity index (χ4n) is 2.76. The summed E-state index contributed by atoms with van der Waals surface area (Å²) >= 11 is 4.97. The molecule has 32 heavy (non-hydrogen) atoms. The summed E-state index contributed by atoms with van der Waals surface area (Å²) in [6, 6.07) is 22.3. The zero-order valence-electron chi connectivity index (χ0n) is 17.1. The van der Waals surface area contributed by atoms with E-state index in [1.54, 1.807) is 30.3 Å². The molecule has 8 nitrogen and oxygen atoms in total. The van der Waals surface area contributed by atoms with Crippen LogP contribution < -0.4 is 26.2 Å². The topological polar surface area (TPSA) is 109 Å². The highest BCUT2D eigenvalue weighted by atomic mass is 32.1. The molecule has 0 spiro atoms. The molecule has 0 aliphatic carbocycles. The largest absolute Gasteiger partial charge is 0.484 e. The summed E-state index contributed by atoms with van der Waals surface area (Å²) in [6.07, 6.45) is -0.0472. The maximum atomic E-state index is 12.0. The van der Waals surface area contributed by atoms with Crippen molar-refractivity contribution in [2.24, 2.45) is 0 Å². The third kappa shape index (κ3) is 7.37. The van der Waals surface area contributed by atoms with Gasteiger partial charge in [-0.1, -0.05) is 48.5 Å². The maximum Gasteiger partial charge on any atom is 0.264 e. The van der Waals surface area contributed by atoms with Gasteiger partial charge in [-0.2, -0.15) is 0 Å². The number of carbonyl (C=O) groups excluding carboxylic acids is 3. The Balaban J connectivity index is 1.32. The lowest BCUT2D eigenvalue weighted by Crippen LogP contribution is -2.49. The molecular weight excluding hydrogens is 428 g/mol. The van der Waals surface area contributed by atoms with E-state index >= 15 is 0 Å². The second-order valence-electron chi connectivity index (χ2n) is 6.76. The van der Waals surface area contributed by atoms with Crippen LogP contribution >= 0.6 is 12.2 Å². The van der Waals surface area contributed by atoms with E-state index in [1.807, 2.05) is 42.5 Å². The average Bonchev–Trinajstić information content (AvgIpc) is 2.80. The van der Waals surface area contributed by atoms with Crippen LogP contribution in [0.3, 0.4) is 0 Å². The zero-order valence-corrected chi connectivity index (χ0v) is 17.9. The Hall–Kier alpha value is -3.98. The second kappa shape index (κ2) is 11.4. The van der Waals surface area contributed by atoms with Gasteiger partial charge in [0, 0.05) is 18.5 Å². The first-order chi connectivity index (χ1) is 15.5. The number of hydrogen-bond acceptors (Lipinski definition) is 5. The molecule has 0 aromatic heterocycles. The van der Waals surface area contributed by atoms with E-state index in [0.29, 0.717) is 11.4 Å². The van der Waals surface area contributed by atoms with Crippen molar-refractivity contribution in [1.29, 1.82) is 0 Å². The van der Waals surface area contributed by atoms with Gasteiger partial charge >= 0.3 is 0 Å². The Kier molecular flexibility index (Phi) is 8.10. The second-order valence-corrected chi connectivity index (χ2v) is 7.17. The van der Waals surface area contributed by atoms with Crippen molar-refractivity contribution >= 4 is 51.5 Å². The Labute approximate surface area is 190 Å². The van der Waals surface area contributed by atoms with E-state index in [-0.39, 0.29) is 30.5 Å². The molecule has 0 saturated carbocycles. The van der Waals surface area contributed by atoms with Gasteiger partial charge in [-0.15, -0.1) is 0 Å². The number of hydrazine groups is 1. The lowest BCUT2D eigenvalue weighted by atomic mass is 10.1. The van der Waals surface area contributed by atoms with Crippen molar-refractivity contribution in [3.8, 4) is 5.75 Å². The predicted molar refractivity (Wildman–Crippen MR) is 126 cm³/mol. The van der Waals surface area contributed by atoms with E-state index in [9.17, 15) is 14.4 Å². The number of anilines is 1. The normalized spacial score (nSPS) is 10.1. The number of rotatable bonds is 7. The summed E-state index contributed by atoms with van der Waals surface area (Å²) in [6.45, 7) is -0.242. The van der Waals surface area contributed by atoms with Crippen LogP contribution in [0.25, 0.3) is 10.8 Å². The first kappa shape index (κ1) is 22.7. The van der Waals surface area contributed by atoms with E-state index in [1.165, 1.54) is 0 Å². The van der Waals surface area contributed by atoms with Gasteiger partial charge in [0.25, 0.3) is 5.91 Å². The van der Waals surface area contributed by atoms with Crippen molar-refractivity contribution in [2.45, 2.75) is 12.8 Å². The molecule has 164 valence electrons. The van der Waals surface area contributed by atoms with E-state index in [4.69, 9.17) is 17.0 Å². The van der Waals surface area contributed by atoms with Gasteiger partial charge in [0.15, 0.2) is 11.7 Å². The summed E-state index contributed by atoms with van der Waals surface area (Å²) in [5.41, 5.74) is 5.42. The molecule has 3 rings (SSSR count). The first-order valence-corrected chi connectivity index (χ1v) is 10.3. The van der Waals surface area contributed by atoms with Crippen molar-refractivity contribution in [1.82, 2.24) is 16.2 Å². The van der Waals surface area contributed by atoms with Crippen molar-refractivity contribution in [3.05, 3.63) is 72.8 Å². The third-order valence-corrected chi connectivity index (χ3v) is 4.50. The summed E-state index contributed by atoms with van der Waals surface area (Å²) < 4.78 is 5.48. The standard InChI is InChI=1S/C23H22N4O4S/c28-20(24-18-8-2-1-3-9-18)12-13-21(29)26-27-23(32)25-22(30)15-31-19-11-10-16-6-4-5-7-17(16)14-19/h1-11,14H,12-13,15H2,(H,24,28)(H,26,29)(H2,25,27,30,32). The van der Waals surface area contributed by atoms with Crippen molar-refractivity contribution in [3.63, 3.8) is 0 Å². The lowest BCUT2D eigenvalue weighted by Gasteiger charge is -2.11. The number of carbonyl (C=O) groups is 3. The Bertz CT molecular complexity index is 1120. The van der Waals surface area contributed by atoms with Crippen molar-refractivity contribution in [2.75, 3.05) is 11.9 Å². The quantitative estimate of drug-likeness (QED) is 0.326. The molecule has 0 fully saturated rings. The molecular formula is C23H22N4O4S. The Morgan fingerprint density at radius 2 is 1.44 bits per heavy atom. The number of hydrogen-bond donors (Lipinski definition) is 4. The molecule has 0 aliphatic rings. The summed E-state index contributed by atoms with van der Waals surface area (Å²) in [7, 11) is 0. The van der Waals surface area contributed by atoms with Gasteiger partial charge in [0.1, 0.15) is 5.75 Å².